The molecule has 3 aromatic heterocycles. The molecule has 216 valence electrons. The van der Waals surface area contributed by atoms with Gasteiger partial charge in [0.1, 0.15) is 6.04 Å². The summed E-state index contributed by atoms with van der Waals surface area (Å²) in [6, 6.07) is 10.6. The number of aliphatic hydroxyl groups excluding tert-OH is 1. The third-order valence-electron chi connectivity index (χ3n) is 6.88. The number of nitrogens with zero attached hydrogens (tertiary/aromatic N) is 5. The van der Waals surface area contributed by atoms with Crippen LogP contribution in [0.2, 0.25) is 5.02 Å². The summed E-state index contributed by atoms with van der Waals surface area (Å²) in [6.45, 7) is 1.56. The smallest absolute Gasteiger partial charge is 0.255 e. The first-order valence-corrected chi connectivity index (χ1v) is 13.3. The second kappa shape index (κ2) is 12.4. The van der Waals surface area contributed by atoms with Gasteiger partial charge in [-0.15, -0.1) is 0 Å². The normalized spacial score (nSPS) is 13.7. The quantitative estimate of drug-likeness (QED) is 0.250. The molecule has 13 heteroatoms. The van der Waals surface area contributed by atoms with E-state index in [9.17, 15) is 14.7 Å². The molecule has 1 aromatic carbocycles. The van der Waals surface area contributed by atoms with Crippen LogP contribution in [0.25, 0.3) is 11.3 Å². The highest BCUT2D eigenvalue weighted by atomic mass is 35.5. The van der Waals surface area contributed by atoms with Gasteiger partial charge in [0.2, 0.25) is 23.6 Å². The van der Waals surface area contributed by atoms with Crippen molar-refractivity contribution in [2.75, 3.05) is 26.1 Å². The van der Waals surface area contributed by atoms with Gasteiger partial charge in [0.05, 0.1) is 43.8 Å². The largest absolute Gasteiger partial charge is 0.481 e. The van der Waals surface area contributed by atoms with Crippen molar-refractivity contribution < 1.29 is 24.2 Å². The molecule has 0 saturated heterocycles. The Morgan fingerprint density at radius 2 is 1.81 bits per heavy atom. The Morgan fingerprint density at radius 1 is 1.07 bits per heavy atom. The maximum Gasteiger partial charge on any atom is 0.255 e. The summed E-state index contributed by atoms with van der Waals surface area (Å²) in [5, 5.41) is 16.2. The van der Waals surface area contributed by atoms with E-state index in [1.165, 1.54) is 31.5 Å². The number of nitrogens with one attached hydrogen (secondary N) is 2. The lowest BCUT2D eigenvalue weighted by molar-refractivity contribution is -0.126. The van der Waals surface area contributed by atoms with Crippen LogP contribution in [0.15, 0.2) is 61.1 Å². The first kappa shape index (κ1) is 28.7. The lowest BCUT2D eigenvalue weighted by Gasteiger charge is -2.26. The molecule has 2 unspecified atom stereocenters. The van der Waals surface area contributed by atoms with E-state index in [1.807, 2.05) is 12.1 Å². The summed E-state index contributed by atoms with van der Waals surface area (Å²) >= 11 is 6.46. The van der Waals surface area contributed by atoms with Crippen molar-refractivity contribution in [1.82, 2.24) is 30.2 Å². The van der Waals surface area contributed by atoms with E-state index in [0.717, 1.165) is 5.56 Å². The highest BCUT2D eigenvalue weighted by molar-refractivity contribution is 6.33. The Hall–Kier alpha value is -4.81. The Morgan fingerprint density at radius 3 is 2.55 bits per heavy atom. The topological polar surface area (TPSA) is 152 Å². The van der Waals surface area contributed by atoms with E-state index in [1.54, 1.807) is 43.5 Å². The number of carbonyl (C=O) groups is 2. The van der Waals surface area contributed by atoms with Gasteiger partial charge in [0.25, 0.3) is 5.91 Å². The van der Waals surface area contributed by atoms with Crippen LogP contribution in [0.4, 0.5) is 11.6 Å². The summed E-state index contributed by atoms with van der Waals surface area (Å²) in [4.78, 5) is 45.1. The van der Waals surface area contributed by atoms with Crippen molar-refractivity contribution in [3.63, 3.8) is 0 Å². The number of halogens is 1. The minimum atomic E-state index is -0.804. The summed E-state index contributed by atoms with van der Waals surface area (Å²) in [5.41, 5.74) is 3.59. The van der Waals surface area contributed by atoms with Gasteiger partial charge in [0.15, 0.2) is 0 Å². The Bertz CT molecular complexity index is 1640. The number of pyridine rings is 2. The lowest BCUT2D eigenvalue weighted by atomic mass is 10.0. The number of anilines is 2. The van der Waals surface area contributed by atoms with Gasteiger partial charge in [-0.25, -0.2) is 19.9 Å². The fourth-order valence-electron chi connectivity index (χ4n) is 4.56. The lowest BCUT2D eigenvalue weighted by Crippen LogP contribution is -2.46. The van der Waals surface area contributed by atoms with Crippen molar-refractivity contribution in [2.45, 2.75) is 25.6 Å². The fraction of sp³-hybridized carbons (Fsp3) is 0.241. The zero-order valence-electron chi connectivity index (χ0n) is 23.0. The molecule has 0 spiro atoms. The first-order chi connectivity index (χ1) is 20.3. The number of fused-ring (bicyclic) bond motifs is 1. The molecule has 0 saturated carbocycles. The molecule has 4 aromatic rings. The van der Waals surface area contributed by atoms with E-state index in [2.05, 4.69) is 30.6 Å². The van der Waals surface area contributed by atoms with Crippen molar-refractivity contribution in [3.05, 3.63) is 82.8 Å². The average Bonchev–Trinajstić information content (AvgIpc) is 3.35. The van der Waals surface area contributed by atoms with Crippen LogP contribution in [0, 0.1) is 0 Å². The number of rotatable bonds is 10. The second-order valence-electron chi connectivity index (χ2n) is 9.46. The molecular formula is C29H28ClN7O5. The zero-order chi connectivity index (χ0) is 29.8. The molecule has 3 N–H and O–H groups in total. The van der Waals surface area contributed by atoms with Crippen LogP contribution in [-0.2, 0) is 11.3 Å². The highest BCUT2D eigenvalue weighted by Crippen LogP contribution is 2.33. The summed E-state index contributed by atoms with van der Waals surface area (Å²) in [7, 11) is 3.01. The van der Waals surface area contributed by atoms with Crippen molar-refractivity contribution >= 4 is 35.1 Å². The minimum Gasteiger partial charge on any atom is -0.481 e. The third kappa shape index (κ3) is 5.94. The molecule has 2 amide bonds. The summed E-state index contributed by atoms with van der Waals surface area (Å²) in [6.07, 6.45) is 4.61. The predicted molar refractivity (Wildman–Crippen MR) is 155 cm³/mol. The van der Waals surface area contributed by atoms with E-state index in [0.29, 0.717) is 50.8 Å². The van der Waals surface area contributed by atoms with Crippen molar-refractivity contribution in [1.29, 1.82) is 0 Å². The number of aliphatic hydroxyl groups is 1. The van der Waals surface area contributed by atoms with Gasteiger partial charge in [0, 0.05) is 47.9 Å². The monoisotopic (exact) mass is 589 g/mol. The van der Waals surface area contributed by atoms with Crippen LogP contribution < -0.4 is 20.1 Å². The number of hydrogen-bond acceptors (Lipinski definition) is 10. The molecule has 0 bridgehead atoms. The number of amides is 2. The van der Waals surface area contributed by atoms with Crippen molar-refractivity contribution in [3.8, 4) is 23.0 Å². The second-order valence-corrected chi connectivity index (χ2v) is 9.87. The molecule has 42 heavy (non-hydrogen) atoms. The zero-order valence-corrected chi connectivity index (χ0v) is 23.8. The minimum absolute atomic E-state index is 0.254. The van der Waals surface area contributed by atoms with E-state index in [-0.39, 0.29) is 19.1 Å². The fourth-order valence-corrected chi connectivity index (χ4v) is 4.76. The van der Waals surface area contributed by atoms with Gasteiger partial charge >= 0.3 is 0 Å². The maximum atomic E-state index is 13.5. The number of benzene rings is 1. The molecule has 2 atom stereocenters. The van der Waals surface area contributed by atoms with Crippen LogP contribution in [0.1, 0.15) is 34.5 Å². The van der Waals surface area contributed by atoms with Gasteiger partial charge < -0.3 is 30.1 Å². The maximum absolute atomic E-state index is 13.5. The number of carbonyl (C=O) groups excluding carboxylic acids is 2. The Balaban J connectivity index is 1.32. The number of aromatic nitrogens is 4. The summed E-state index contributed by atoms with van der Waals surface area (Å²) < 4.78 is 10.3. The van der Waals surface area contributed by atoms with Crippen LogP contribution in [0.5, 0.6) is 11.8 Å². The molecule has 0 radical (unpaired) electrons. The highest BCUT2D eigenvalue weighted by Gasteiger charge is 2.35. The van der Waals surface area contributed by atoms with Crippen LogP contribution in [-0.4, -0.2) is 68.6 Å². The molecule has 1 aliphatic rings. The van der Waals surface area contributed by atoms with Gasteiger partial charge in [-0.2, -0.15) is 0 Å². The van der Waals surface area contributed by atoms with Gasteiger partial charge in [-0.05, 0) is 36.2 Å². The number of methoxy groups -OCH3 is 2. The Labute approximate surface area is 246 Å². The van der Waals surface area contributed by atoms with Gasteiger partial charge in [-0.1, -0.05) is 23.7 Å². The molecule has 4 heterocycles. The molecule has 1 aliphatic heterocycles. The van der Waals surface area contributed by atoms with E-state index < -0.39 is 18.0 Å². The Kier molecular flexibility index (Phi) is 8.46. The molecule has 0 aliphatic carbocycles. The SMILES string of the molecule is COc1cc(Nc2ncc(Cl)c(-c3ccc4c(c3)C(=O)N(C(C)C(=O)NC(CO)c3ccnc(OC)c3)C4)n2)ccn1. The van der Waals surface area contributed by atoms with Crippen LogP contribution >= 0.6 is 11.6 Å². The molecule has 5 rings (SSSR count). The first-order valence-electron chi connectivity index (χ1n) is 13.0. The summed E-state index contributed by atoms with van der Waals surface area (Å²) in [5.74, 6) is 0.384. The van der Waals surface area contributed by atoms with Gasteiger partial charge in [-0.3, -0.25) is 9.59 Å². The predicted octanol–water partition coefficient (Wildman–Crippen LogP) is 3.54. The molecule has 0 fully saturated rings. The third-order valence-corrected chi connectivity index (χ3v) is 7.15. The number of ether oxygens (including phenoxy) is 2. The van der Waals surface area contributed by atoms with Crippen LogP contribution in [0.3, 0.4) is 0 Å². The van der Waals surface area contributed by atoms with Crippen molar-refractivity contribution in [2.24, 2.45) is 0 Å². The standard InChI is InChI=1S/C29H28ClN7O5/c1-16(27(39)35-23(15-38)17-6-8-31-24(11-17)41-2)37-14-19-5-4-18(10-21(19)28(37)40)26-22(30)13-33-29(36-26)34-20-7-9-32-25(12-20)42-3/h4-13,16,23,38H,14-15H2,1-3H3,(H,35,39)(H,32,33,34,36). The van der Waals surface area contributed by atoms with E-state index in [4.69, 9.17) is 21.1 Å². The average molecular weight is 590 g/mol. The van der Waals surface area contributed by atoms with E-state index >= 15 is 0 Å². The molecular weight excluding hydrogens is 562 g/mol. The number of hydrogen-bond donors (Lipinski definition) is 3. The molecule has 12 nitrogen and oxygen atoms in total.